The zero-order valence-corrected chi connectivity index (χ0v) is 11.4. The summed E-state index contributed by atoms with van der Waals surface area (Å²) < 4.78 is 0. The van der Waals surface area contributed by atoms with Crippen LogP contribution in [0.25, 0.3) is 0 Å². The van der Waals surface area contributed by atoms with Gasteiger partial charge in [0.25, 0.3) is 0 Å². The van der Waals surface area contributed by atoms with E-state index in [9.17, 15) is 5.11 Å². The van der Waals surface area contributed by atoms with E-state index in [4.69, 9.17) is 0 Å². The van der Waals surface area contributed by atoms with Crippen LogP contribution in [-0.2, 0) is 0 Å². The number of nitrogens with zero attached hydrogens (tertiary/aromatic N) is 1. The van der Waals surface area contributed by atoms with Crippen LogP contribution in [0.15, 0.2) is 0 Å². The third kappa shape index (κ3) is 3.67. The monoisotopic (exact) mass is 240 g/mol. The molecule has 1 saturated carbocycles. The van der Waals surface area contributed by atoms with E-state index in [0.717, 1.165) is 18.8 Å². The molecule has 2 fully saturated rings. The zero-order chi connectivity index (χ0) is 12.3. The van der Waals surface area contributed by atoms with Gasteiger partial charge in [-0.3, -0.25) is 0 Å². The predicted octanol–water partition coefficient (Wildman–Crippen LogP) is 1.61. The highest BCUT2D eigenvalue weighted by atomic mass is 16.3. The molecule has 0 bridgehead atoms. The van der Waals surface area contributed by atoms with Crippen LogP contribution >= 0.6 is 0 Å². The van der Waals surface area contributed by atoms with E-state index in [2.05, 4.69) is 24.2 Å². The molecule has 3 atom stereocenters. The molecule has 3 unspecified atom stereocenters. The van der Waals surface area contributed by atoms with Crippen LogP contribution in [0.2, 0.25) is 0 Å². The van der Waals surface area contributed by atoms with Gasteiger partial charge in [0.15, 0.2) is 0 Å². The Balaban J connectivity index is 1.77. The summed E-state index contributed by atoms with van der Waals surface area (Å²) in [5, 5.41) is 13.7. The summed E-state index contributed by atoms with van der Waals surface area (Å²) in [7, 11) is 2.21. The number of hydrogen-bond donors (Lipinski definition) is 2. The number of piperidine rings is 1. The van der Waals surface area contributed by atoms with Crippen LogP contribution in [0.4, 0.5) is 0 Å². The van der Waals surface area contributed by atoms with Gasteiger partial charge in [-0.25, -0.2) is 0 Å². The van der Waals surface area contributed by atoms with Crippen molar-refractivity contribution in [1.29, 1.82) is 0 Å². The molecule has 0 aromatic heterocycles. The summed E-state index contributed by atoms with van der Waals surface area (Å²) in [5.41, 5.74) is 0. The molecule has 3 nitrogen and oxygen atoms in total. The van der Waals surface area contributed by atoms with E-state index in [1.807, 2.05) is 0 Å². The van der Waals surface area contributed by atoms with Gasteiger partial charge < -0.3 is 15.3 Å². The van der Waals surface area contributed by atoms with Gasteiger partial charge in [0.2, 0.25) is 0 Å². The lowest BCUT2D eigenvalue weighted by molar-refractivity contribution is 0.0760. The maximum Gasteiger partial charge on any atom is 0.0693 e. The third-order valence-electron chi connectivity index (χ3n) is 4.68. The average Bonchev–Trinajstić information content (AvgIpc) is 2.33. The van der Waals surface area contributed by atoms with Gasteiger partial charge in [-0.05, 0) is 58.7 Å². The summed E-state index contributed by atoms with van der Waals surface area (Å²) in [6.07, 6.45) is 7.09. The van der Waals surface area contributed by atoms with E-state index < -0.39 is 0 Å². The van der Waals surface area contributed by atoms with Gasteiger partial charge in [-0.15, -0.1) is 0 Å². The molecule has 1 heterocycles. The van der Waals surface area contributed by atoms with Crippen molar-refractivity contribution in [2.75, 3.05) is 20.1 Å². The topological polar surface area (TPSA) is 35.5 Å². The molecule has 1 aliphatic heterocycles. The standard InChI is InChI=1S/C14H28N2O/c1-11(12-7-9-16(2)10-8-12)15-13-5-3-4-6-14(13)17/h11-15,17H,3-10H2,1-2H3. The molecule has 0 spiro atoms. The summed E-state index contributed by atoms with van der Waals surface area (Å²) in [4.78, 5) is 2.42. The fourth-order valence-corrected chi connectivity index (χ4v) is 3.31. The van der Waals surface area contributed by atoms with E-state index in [-0.39, 0.29) is 6.10 Å². The molecule has 2 aliphatic rings. The van der Waals surface area contributed by atoms with Gasteiger partial charge in [0, 0.05) is 12.1 Å². The molecule has 1 saturated heterocycles. The summed E-state index contributed by atoms with van der Waals surface area (Å²) in [6, 6.07) is 0.903. The highest BCUT2D eigenvalue weighted by Gasteiger charge is 2.28. The Labute approximate surface area is 106 Å². The van der Waals surface area contributed by atoms with Crippen molar-refractivity contribution in [3.8, 4) is 0 Å². The van der Waals surface area contributed by atoms with Crippen molar-refractivity contribution >= 4 is 0 Å². The quantitative estimate of drug-likeness (QED) is 0.787. The molecule has 0 aromatic carbocycles. The van der Waals surface area contributed by atoms with Crippen molar-refractivity contribution in [3.05, 3.63) is 0 Å². The molecular weight excluding hydrogens is 212 g/mol. The molecule has 17 heavy (non-hydrogen) atoms. The van der Waals surface area contributed by atoms with Crippen LogP contribution in [0.1, 0.15) is 45.4 Å². The molecule has 0 amide bonds. The maximum atomic E-state index is 9.99. The molecule has 0 aromatic rings. The number of rotatable bonds is 3. The zero-order valence-electron chi connectivity index (χ0n) is 11.4. The van der Waals surface area contributed by atoms with Crippen molar-refractivity contribution in [1.82, 2.24) is 10.2 Å². The van der Waals surface area contributed by atoms with Gasteiger partial charge in [0.1, 0.15) is 0 Å². The molecule has 1 aliphatic carbocycles. The summed E-state index contributed by atoms with van der Waals surface area (Å²) >= 11 is 0. The minimum absolute atomic E-state index is 0.113. The van der Waals surface area contributed by atoms with Gasteiger partial charge in [0.05, 0.1) is 6.10 Å². The number of hydrogen-bond acceptors (Lipinski definition) is 3. The predicted molar refractivity (Wildman–Crippen MR) is 71.1 cm³/mol. The second-order valence-electron chi connectivity index (χ2n) is 6.05. The van der Waals surface area contributed by atoms with E-state index in [1.165, 1.54) is 38.8 Å². The number of aliphatic hydroxyl groups excluding tert-OH is 1. The lowest BCUT2D eigenvalue weighted by Gasteiger charge is -2.37. The Bertz CT molecular complexity index is 226. The second kappa shape index (κ2) is 6.17. The van der Waals surface area contributed by atoms with Crippen molar-refractivity contribution in [2.24, 2.45) is 5.92 Å². The SMILES string of the molecule is CC(NC1CCCCC1O)C1CCN(C)CC1. The highest BCUT2D eigenvalue weighted by molar-refractivity contribution is 4.86. The minimum Gasteiger partial charge on any atom is -0.392 e. The fourth-order valence-electron chi connectivity index (χ4n) is 3.31. The maximum absolute atomic E-state index is 9.99. The lowest BCUT2D eigenvalue weighted by Crippen LogP contribution is -2.50. The van der Waals surface area contributed by atoms with Gasteiger partial charge in [-0.2, -0.15) is 0 Å². The summed E-state index contributed by atoms with van der Waals surface area (Å²) in [5.74, 6) is 0.792. The van der Waals surface area contributed by atoms with E-state index in [1.54, 1.807) is 0 Å². The van der Waals surface area contributed by atoms with Gasteiger partial charge in [-0.1, -0.05) is 12.8 Å². The number of likely N-dealkylation sites (tertiary alicyclic amines) is 1. The van der Waals surface area contributed by atoms with Crippen molar-refractivity contribution in [3.63, 3.8) is 0 Å². The Morgan fingerprint density at radius 2 is 1.76 bits per heavy atom. The Morgan fingerprint density at radius 3 is 2.41 bits per heavy atom. The second-order valence-corrected chi connectivity index (χ2v) is 6.05. The first kappa shape index (κ1) is 13.3. The average molecular weight is 240 g/mol. The lowest BCUT2D eigenvalue weighted by atomic mass is 9.87. The molecule has 2 rings (SSSR count). The first-order chi connectivity index (χ1) is 8.16. The van der Waals surface area contributed by atoms with E-state index in [0.29, 0.717) is 12.1 Å². The minimum atomic E-state index is -0.113. The van der Waals surface area contributed by atoms with Crippen LogP contribution in [-0.4, -0.2) is 48.3 Å². The Kier molecular flexibility index (Phi) is 4.83. The number of aliphatic hydroxyl groups is 1. The van der Waals surface area contributed by atoms with Crippen LogP contribution in [0, 0.1) is 5.92 Å². The molecule has 3 heteroatoms. The Hall–Kier alpha value is -0.120. The summed E-state index contributed by atoms with van der Waals surface area (Å²) in [6.45, 7) is 4.76. The van der Waals surface area contributed by atoms with E-state index >= 15 is 0 Å². The highest BCUT2D eigenvalue weighted by Crippen LogP contribution is 2.23. The van der Waals surface area contributed by atoms with Gasteiger partial charge >= 0.3 is 0 Å². The Morgan fingerprint density at radius 1 is 1.12 bits per heavy atom. The van der Waals surface area contributed by atoms with Crippen LogP contribution < -0.4 is 5.32 Å². The van der Waals surface area contributed by atoms with Crippen LogP contribution in [0.5, 0.6) is 0 Å². The van der Waals surface area contributed by atoms with Crippen molar-refractivity contribution < 1.29 is 5.11 Å². The smallest absolute Gasteiger partial charge is 0.0693 e. The normalized spacial score (nSPS) is 34.8. The molecule has 2 N–H and O–H groups in total. The first-order valence-electron chi connectivity index (χ1n) is 7.29. The molecule has 0 radical (unpaired) electrons. The number of nitrogens with one attached hydrogen (secondary N) is 1. The first-order valence-corrected chi connectivity index (χ1v) is 7.29. The largest absolute Gasteiger partial charge is 0.392 e. The fraction of sp³-hybridized carbons (Fsp3) is 1.00. The third-order valence-corrected chi connectivity index (χ3v) is 4.68. The molecule has 100 valence electrons. The van der Waals surface area contributed by atoms with Crippen molar-refractivity contribution in [2.45, 2.75) is 63.6 Å². The molecular formula is C14H28N2O. The van der Waals surface area contributed by atoms with Crippen LogP contribution in [0.3, 0.4) is 0 Å².